The number of phenolic OH excluding ortho intramolecular Hbond substituents is 28. The molecule has 28 N–H and O–H groups in total. The van der Waals surface area contributed by atoms with Crippen molar-refractivity contribution in [3.63, 3.8) is 0 Å². The van der Waals surface area contributed by atoms with E-state index < -0.39 is 353 Å². The molecule has 4 aliphatic rings. The maximum Gasteiger partial charge on any atom is 0.338 e. The molecule has 12 aromatic carbocycles. The minimum absolute atomic E-state index is 0.267. The summed E-state index contributed by atoms with van der Waals surface area (Å²) in [7, 11) is 0. The lowest BCUT2D eigenvalue weighted by Crippen LogP contribution is -2.43. The first-order valence-corrected chi connectivity index (χ1v) is 37.5. The first-order valence-electron chi connectivity index (χ1n) is 37.5. The van der Waals surface area contributed by atoms with Crippen LogP contribution in [0.5, 0.6) is 184 Å². The fraction of sp³-hybridized carbons (Fsp3) is 0.136. The minimum atomic E-state index is -2.62. The van der Waals surface area contributed by atoms with Gasteiger partial charge in [-0.1, -0.05) is 24.3 Å². The van der Waals surface area contributed by atoms with Crippen molar-refractivity contribution in [3.05, 3.63) is 235 Å². The van der Waals surface area contributed by atoms with E-state index in [2.05, 4.69) is 0 Å². The van der Waals surface area contributed by atoms with E-state index in [9.17, 15) is 148 Å². The Hall–Kier alpha value is -17.9. The number of benzene rings is 12. The SMILES string of the molecule is O=C(O[C@@H]1[C@@H](c2c(O)cc(O)c3c2O[C@H](c2ccc(O)c(O)c2)[C@H](OC(=O)c2cc(O)c(O)c(O)c2)C3)c2c(O)cc(O)c([C@H]3c4c(O)cc(O)c([C@H]5c6c(O)cc(O)cc6O[C@H](c6ccc(O)c(O)c6)[C@@H]5OC(=O)c5cc(O)c(O)c(O)c5)c4O[C@H](c4ccc(O)c(O)c4)[C@@H]3OC(=O)c3cc(O)c(O)c(O)c3)c2O[C@@H]1c1ccc(O)c(O)c1)c1cc(O)c(O)c(O)c1. The summed E-state index contributed by atoms with van der Waals surface area (Å²) in [5, 5.41) is 320. The number of rotatable bonds is 15. The first kappa shape index (κ1) is 83.8. The van der Waals surface area contributed by atoms with Gasteiger partial charge in [0.1, 0.15) is 75.1 Å². The number of carbonyl (C=O) groups is 4. The lowest BCUT2D eigenvalue weighted by atomic mass is 9.71. The van der Waals surface area contributed by atoms with Gasteiger partial charge in [-0.3, -0.25) is 0 Å². The van der Waals surface area contributed by atoms with Crippen molar-refractivity contribution in [1.82, 2.24) is 0 Å². The Labute approximate surface area is 713 Å². The Morgan fingerprint density at radius 1 is 0.234 bits per heavy atom. The summed E-state index contributed by atoms with van der Waals surface area (Å²) in [6.45, 7) is 0. The van der Waals surface area contributed by atoms with Crippen LogP contribution in [-0.4, -0.2) is 191 Å². The topological polar surface area (TPSA) is 709 Å². The van der Waals surface area contributed by atoms with Crippen LogP contribution >= 0.6 is 0 Å². The third-order valence-corrected chi connectivity index (χ3v) is 22.1. The molecule has 0 aliphatic carbocycles. The van der Waals surface area contributed by atoms with Gasteiger partial charge in [-0.15, -0.1) is 0 Å². The van der Waals surface area contributed by atoms with Gasteiger partial charge in [-0.05, 0) is 97.1 Å². The number of phenols is 28. The molecule has 0 radical (unpaired) electrons. The number of ether oxygens (including phenoxy) is 8. The predicted octanol–water partition coefficient (Wildman–Crippen LogP) is 9.82. The highest BCUT2D eigenvalue weighted by atomic mass is 16.6. The Morgan fingerprint density at radius 3 is 0.805 bits per heavy atom. The highest BCUT2D eigenvalue weighted by Crippen LogP contribution is 2.67. The molecule has 0 saturated carbocycles. The molecule has 40 heteroatoms. The van der Waals surface area contributed by atoms with E-state index in [0.717, 1.165) is 78.9 Å². The zero-order chi connectivity index (χ0) is 91.8. The van der Waals surface area contributed by atoms with E-state index in [4.69, 9.17) is 37.9 Å². The van der Waals surface area contributed by atoms with E-state index in [1.807, 2.05) is 0 Å². The minimum Gasteiger partial charge on any atom is -0.508 e. The van der Waals surface area contributed by atoms with Crippen LogP contribution in [0.15, 0.2) is 152 Å². The Bertz CT molecular complexity index is 6610. The summed E-state index contributed by atoms with van der Waals surface area (Å²) in [6.07, 6.45) is -19.0. The van der Waals surface area contributed by atoms with Crippen LogP contribution in [0, 0.1) is 0 Å². The standard InChI is InChI=1S/C88H66O40/c89-35-21-46(99)62-60(22-35)121-76(28-2-6-38(91)43(96)10-28)82(126-86(118)32-15-54(107)72(114)55(108)16-32)68(62)64-48(101)25-50(103)66-70(84(128-88(120)34-19-58(111)74(116)59(112)20-34)78(124-80(64)66)30-4-8-40(93)45(98)12-30)67-51(104)26-49(102)65-69(83(127-87(119)33-17-56(109)73(115)57(110)18-33)77(125-81(65)67)29-3-7-39(92)44(97)11-29)63-47(100)24-41(94)36-23-61(122-85(117)31-13-52(105)71(113)53(106)14-31)75(123-79(36)63)27-1-5-37(90)42(95)9-27/h1-22,24-26,61,68-70,75-78,82-84,89-116H,23H2/t61-,68-,69+,70-,75-,76-,77-,78-,82-,83-,84-/m1/s1. The molecule has 40 nitrogen and oxygen atoms in total. The third-order valence-electron chi connectivity index (χ3n) is 22.1. The molecule has 0 bridgehead atoms. The first-order chi connectivity index (χ1) is 60.6. The second-order valence-corrected chi connectivity index (χ2v) is 29.9. The second kappa shape index (κ2) is 31.2. The van der Waals surface area contributed by atoms with Crippen molar-refractivity contribution in [2.45, 2.75) is 73.0 Å². The Kier molecular flexibility index (Phi) is 20.4. The van der Waals surface area contributed by atoms with E-state index in [1.54, 1.807) is 0 Å². The molecule has 11 atom stereocenters. The van der Waals surface area contributed by atoms with Crippen molar-refractivity contribution >= 4 is 23.9 Å². The molecule has 0 spiro atoms. The molecule has 12 aromatic rings. The Morgan fingerprint density at radius 2 is 0.492 bits per heavy atom. The third kappa shape index (κ3) is 14.3. The van der Waals surface area contributed by atoms with Gasteiger partial charge in [0.15, 0.2) is 158 Å². The lowest BCUT2D eigenvalue weighted by Gasteiger charge is -2.45. The van der Waals surface area contributed by atoms with Gasteiger partial charge >= 0.3 is 23.9 Å². The molecule has 4 heterocycles. The van der Waals surface area contributed by atoms with Crippen LogP contribution in [0.4, 0.5) is 0 Å². The maximum atomic E-state index is 15.6. The molecule has 658 valence electrons. The zero-order valence-electron chi connectivity index (χ0n) is 64.4. The summed E-state index contributed by atoms with van der Waals surface area (Å²) in [6, 6.07) is 18.9. The van der Waals surface area contributed by atoms with Gasteiger partial charge < -0.3 is 181 Å². The van der Waals surface area contributed by atoms with Crippen molar-refractivity contribution in [2.24, 2.45) is 0 Å². The predicted molar refractivity (Wildman–Crippen MR) is 423 cm³/mol. The van der Waals surface area contributed by atoms with Crippen molar-refractivity contribution in [1.29, 1.82) is 0 Å². The number of fused-ring (bicyclic) bond motifs is 4. The second-order valence-electron chi connectivity index (χ2n) is 29.9. The van der Waals surface area contributed by atoms with E-state index in [1.165, 1.54) is 0 Å². The van der Waals surface area contributed by atoms with Gasteiger partial charge in [0, 0.05) is 98.0 Å². The quantitative estimate of drug-likeness (QED) is 0.0258. The highest BCUT2D eigenvalue weighted by molar-refractivity contribution is 5.94. The number of hydrogen-bond acceptors (Lipinski definition) is 40. The number of aromatic hydroxyl groups is 28. The van der Waals surface area contributed by atoms with E-state index >= 15 is 14.4 Å². The summed E-state index contributed by atoms with van der Waals surface area (Å²) in [5.74, 6) is -47.4. The fourth-order valence-corrected chi connectivity index (χ4v) is 16.2. The van der Waals surface area contributed by atoms with E-state index in [-0.39, 0.29) is 11.1 Å². The largest absolute Gasteiger partial charge is 0.508 e. The molecule has 0 unspecified atom stereocenters. The molecule has 0 fully saturated rings. The van der Waals surface area contributed by atoms with Gasteiger partial charge in [0.25, 0.3) is 0 Å². The van der Waals surface area contributed by atoms with Crippen molar-refractivity contribution in [2.75, 3.05) is 0 Å². The van der Waals surface area contributed by atoms with Crippen LogP contribution in [0.1, 0.15) is 145 Å². The molecular formula is C88H66O40. The summed E-state index contributed by atoms with van der Waals surface area (Å²) in [4.78, 5) is 60.4. The summed E-state index contributed by atoms with van der Waals surface area (Å²) in [5.41, 5.74) is -10.7. The molecule has 128 heavy (non-hydrogen) atoms. The van der Waals surface area contributed by atoms with E-state index in [0.29, 0.717) is 72.8 Å². The lowest BCUT2D eigenvalue weighted by molar-refractivity contribution is -0.0364. The molecule has 0 aromatic heterocycles. The van der Waals surface area contributed by atoms with Gasteiger partial charge in [0.2, 0.25) is 0 Å². The smallest absolute Gasteiger partial charge is 0.338 e. The monoisotopic (exact) mass is 1760 g/mol. The normalized spacial score (nSPS) is 19.5. The molecule has 16 rings (SSSR count). The number of hydrogen-bond donors (Lipinski definition) is 28. The van der Waals surface area contributed by atoms with Crippen LogP contribution < -0.4 is 18.9 Å². The average Bonchev–Trinajstić information content (AvgIpc) is 0.728. The van der Waals surface area contributed by atoms with Gasteiger partial charge in [0.05, 0.1) is 40.0 Å². The van der Waals surface area contributed by atoms with Crippen LogP contribution in [0.2, 0.25) is 0 Å². The van der Waals surface area contributed by atoms with Crippen LogP contribution in [0.3, 0.4) is 0 Å². The van der Waals surface area contributed by atoms with Crippen molar-refractivity contribution in [3.8, 4) is 184 Å². The molecular weight excluding hydrogens is 1700 g/mol. The molecule has 0 amide bonds. The van der Waals surface area contributed by atoms with Crippen LogP contribution in [0.25, 0.3) is 0 Å². The summed E-state index contributed by atoms with van der Waals surface area (Å²) >= 11 is 0. The highest BCUT2D eigenvalue weighted by Gasteiger charge is 2.57. The summed E-state index contributed by atoms with van der Waals surface area (Å²) < 4.78 is 52.5. The Balaban J connectivity index is 1.03. The molecule has 4 aliphatic heterocycles. The molecule has 0 saturated heterocycles. The van der Waals surface area contributed by atoms with Gasteiger partial charge in [-0.25, -0.2) is 19.2 Å². The average molecular weight is 1760 g/mol. The fourth-order valence-electron chi connectivity index (χ4n) is 16.2. The van der Waals surface area contributed by atoms with Crippen molar-refractivity contribution < 1.29 is 200 Å². The van der Waals surface area contributed by atoms with Crippen LogP contribution in [-0.2, 0) is 25.4 Å². The number of carbonyl (C=O) groups excluding carboxylic acids is 4. The zero-order valence-corrected chi connectivity index (χ0v) is 64.4. The maximum absolute atomic E-state index is 15.6. The van der Waals surface area contributed by atoms with Gasteiger partial charge in [-0.2, -0.15) is 0 Å². The number of esters is 4.